The molecule has 2 rings (SSSR count). The zero-order valence-electron chi connectivity index (χ0n) is 8.70. The van der Waals surface area contributed by atoms with Crippen LogP contribution in [0, 0.1) is 0 Å². The standard InChI is InChI=1S/C11H9Cl2NO2S/c12-7-2-1-6(5-8(7)13)10(15)14-9-3-4-17-11(9)16/h1-2,5,9H,3-4H2,(H,14,15)/t9-/m1/s1. The third kappa shape index (κ3) is 2.94. The molecule has 6 heteroatoms. The van der Waals surface area contributed by atoms with E-state index in [1.807, 2.05) is 0 Å². The van der Waals surface area contributed by atoms with Crippen molar-refractivity contribution in [1.82, 2.24) is 5.32 Å². The minimum absolute atomic E-state index is 0.0124. The summed E-state index contributed by atoms with van der Waals surface area (Å²) in [4.78, 5) is 23.2. The molecule has 0 radical (unpaired) electrons. The third-order valence-electron chi connectivity index (χ3n) is 2.42. The molecular weight excluding hydrogens is 281 g/mol. The van der Waals surface area contributed by atoms with Gasteiger partial charge in [0.15, 0.2) is 0 Å². The quantitative estimate of drug-likeness (QED) is 0.911. The van der Waals surface area contributed by atoms with Gasteiger partial charge in [0.1, 0.15) is 0 Å². The van der Waals surface area contributed by atoms with E-state index < -0.39 is 0 Å². The molecule has 1 aliphatic heterocycles. The number of hydrogen-bond donors (Lipinski definition) is 1. The molecule has 1 aromatic rings. The number of rotatable bonds is 2. The lowest BCUT2D eigenvalue weighted by molar-refractivity contribution is -0.112. The monoisotopic (exact) mass is 289 g/mol. The SMILES string of the molecule is O=C(N[C@@H]1CCSC1=O)c1ccc(Cl)c(Cl)c1. The molecule has 1 amide bonds. The molecule has 1 aliphatic rings. The first-order valence-electron chi connectivity index (χ1n) is 5.00. The molecule has 1 N–H and O–H groups in total. The lowest BCUT2D eigenvalue weighted by atomic mass is 10.2. The molecule has 0 aliphatic carbocycles. The van der Waals surface area contributed by atoms with Crippen LogP contribution in [0.5, 0.6) is 0 Å². The fourth-order valence-corrected chi connectivity index (χ4v) is 2.74. The molecule has 0 unspecified atom stereocenters. The lowest BCUT2D eigenvalue weighted by Gasteiger charge is -2.10. The fraction of sp³-hybridized carbons (Fsp3) is 0.273. The number of carbonyl (C=O) groups is 2. The van der Waals surface area contributed by atoms with Gasteiger partial charge < -0.3 is 5.32 Å². The Hall–Kier alpha value is -0.710. The molecule has 1 fully saturated rings. The summed E-state index contributed by atoms with van der Waals surface area (Å²) in [6.45, 7) is 0. The average Bonchev–Trinajstić information content (AvgIpc) is 2.68. The highest BCUT2D eigenvalue weighted by Crippen LogP contribution is 2.23. The van der Waals surface area contributed by atoms with Crippen molar-refractivity contribution in [3.8, 4) is 0 Å². The Bertz CT molecular complexity index is 479. The van der Waals surface area contributed by atoms with E-state index >= 15 is 0 Å². The van der Waals surface area contributed by atoms with E-state index in [-0.39, 0.29) is 17.1 Å². The summed E-state index contributed by atoms with van der Waals surface area (Å²) < 4.78 is 0. The summed E-state index contributed by atoms with van der Waals surface area (Å²) >= 11 is 12.8. The first-order chi connectivity index (χ1) is 8.08. The van der Waals surface area contributed by atoms with Gasteiger partial charge in [-0.05, 0) is 24.6 Å². The maximum Gasteiger partial charge on any atom is 0.251 e. The summed E-state index contributed by atoms with van der Waals surface area (Å²) in [5.41, 5.74) is 0.407. The Morgan fingerprint density at radius 1 is 1.35 bits per heavy atom. The van der Waals surface area contributed by atoms with Crippen LogP contribution in [0.4, 0.5) is 0 Å². The van der Waals surface area contributed by atoms with Crippen molar-refractivity contribution < 1.29 is 9.59 Å². The number of benzene rings is 1. The van der Waals surface area contributed by atoms with Gasteiger partial charge in [-0.1, -0.05) is 35.0 Å². The third-order valence-corrected chi connectivity index (χ3v) is 4.17. The van der Waals surface area contributed by atoms with Crippen molar-refractivity contribution in [1.29, 1.82) is 0 Å². The van der Waals surface area contributed by atoms with Gasteiger partial charge >= 0.3 is 0 Å². The Morgan fingerprint density at radius 2 is 2.12 bits per heavy atom. The maximum absolute atomic E-state index is 11.8. The molecule has 0 aromatic heterocycles. The van der Waals surface area contributed by atoms with Crippen LogP contribution in [0.3, 0.4) is 0 Å². The zero-order chi connectivity index (χ0) is 12.4. The summed E-state index contributed by atoms with van der Waals surface area (Å²) in [6.07, 6.45) is 0.677. The molecule has 3 nitrogen and oxygen atoms in total. The molecule has 0 bridgehead atoms. The van der Waals surface area contributed by atoms with Crippen molar-refractivity contribution in [2.24, 2.45) is 0 Å². The second kappa shape index (κ2) is 5.29. The van der Waals surface area contributed by atoms with Crippen molar-refractivity contribution in [2.45, 2.75) is 12.5 Å². The number of amides is 1. The van der Waals surface area contributed by atoms with Crippen molar-refractivity contribution in [3.05, 3.63) is 33.8 Å². The van der Waals surface area contributed by atoms with Crippen LogP contribution in [-0.4, -0.2) is 22.8 Å². The van der Waals surface area contributed by atoms with Gasteiger partial charge in [-0.15, -0.1) is 0 Å². The molecule has 90 valence electrons. The van der Waals surface area contributed by atoms with Gasteiger partial charge in [0.05, 0.1) is 16.1 Å². The molecule has 0 saturated carbocycles. The molecule has 1 atom stereocenters. The highest BCUT2D eigenvalue weighted by molar-refractivity contribution is 8.14. The lowest BCUT2D eigenvalue weighted by Crippen LogP contribution is -2.37. The van der Waals surface area contributed by atoms with E-state index in [0.29, 0.717) is 22.0 Å². The minimum Gasteiger partial charge on any atom is -0.341 e. The van der Waals surface area contributed by atoms with Crippen molar-refractivity contribution >= 4 is 46.0 Å². The van der Waals surface area contributed by atoms with Gasteiger partial charge in [0.25, 0.3) is 5.91 Å². The molecule has 1 saturated heterocycles. The van der Waals surface area contributed by atoms with E-state index in [9.17, 15) is 9.59 Å². The Morgan fingerprint density at radius 3 is 2.71 bits per heavy atom. The molecule has 17 heavy (non-hydrogen) atoms. The van der Waals surface area contributed by atoms with Crippen LogP contribution in [0.1, 0.15) is 16.8 Å². The van der Waals surface area contributed by atoms with Crippen LogP contribution >= 0.6 is 35.0 Å². The molecule has 0 spiro atoms. The van der Waals surface area contributed by atoms with Gasteiger partial charge in [-0.25, -0.2) is 0 Å². The number of halogens is 2. The molecular formula is C11H9Cl2NO2S. The van der Waals surface area contributed by atoms with E-state index in [2.05, 4.69) is 5.32 Å². The predicted molar refractivity (Wildman–Crippen MR) is 69.8 cm³/mol. The van der Waals surface area contributed by atoms with Crippen LogP contribution in [-0.2, 0) is 4.79 Å². The predicted octanol–water partition coefficient (Wildman–Crippen LogP) is 2.76. The second-order valence-corrected chi connectivity index (χ2v) is 5.52. The summed E-state index contributed by atoms with van der Waals surface area (Å²) in [6, 6.07) is 4.24. The normalized spacial score (nSPS) is 19.4. The average molecular weight is 290 g/mol. The smallest absolute Gasteiger partial charge is 0.251 e. The van der Waals surface area contributed by atoms with Crippen LogP contribution in [0.25, 0.3) is 0 Å². The Labute approximate surface area is 113 Å². The first-order valence-corrected chi connectivity index (χ1v) is 6.74. The van der Waals surface area contributed by atoms with Crippen LogP contribution in [0.2, 0.25) is 10.0 Å². The summed E-state index contributed by atoms with van der Waals surface area (Å²) in [5, 5.41) is 3.42. The van der Waals surface area contributed by atoms with Crippen LogP contribution < -0.4 is 5.32 Å². The van der Waals surface area contributed by atoms with Gasteiger partial charge in [0.2, 0.25) is 5.12 Å². The Balaban J connectivity index is 2.09. The highest BCUT2D eigenvalue weighted by Gasteiger charge is 2.27. The van der Waals surface area contributed by atoms with E-state index in [1.165, 1.54) is 17.8 Å². The number of nitrogens with one attached hydrogen (secondary N) is 1. The summed E-state index contributed by atoms with van der Waals surface area (Å²) in [7, 11) is 0. The van der Waals surface area contributed by atoms with E-state index in [1.54, 1.807) is 12.1 Å². The number of hydrogen-bond acceptors (Lipinski definition) is 3. The molecule has 1 heterocycles. The van der Waals surface area contributed by atoms with Gasteiger partial charge in [0, 0.05) is 11.3 Å². The molecule has 1 aromatic carbocycles. The topological polar surface area (TPSA) is 46.2 Å². The van der Waals surface area contributed by atoms with E-state index in [0.717, 1.165) is 5.75 Å². The maximum atomic E-state index is 11.8. The zero-order valence-corrected chi connectivity index (χ0v) is 11.0. The second-order valence-electron chi connectivity index (χ2n) is 3.61. The minimum atomic E-state index is -0.387. The highest BCUT2D eigenvalue weighted by atomic mass is 35.5. The largest absolute Gasteiger partial charge is 0.341 e. The Kier molecular flexibility index (Phi) is 3.97. The van der Waals surface area contributed by atoms with Crippen LogP contribution in [0.15, 0.2) is 18.2 Å². The number of carbonyl (C=O) groups excluding carboxylic acids is 2. The number of thioether (sulfide) groups is 1. The van der Waals surface area contributed by atoms with Crippen molar-refractivity contribution in [2.75, 3.05) is 5.75 Å². The van der Waals surface area contributed by atoms with Crippen molar-refractivity contribution in [3.63, 3.8) is 0 Å². The van der Waals surface area contributed by atoms with E-state index in [4.69, 9.17) is 23.2 Å². The summed E-state index contributed by atoms with van der Waals surface area (Å²) in [5.74, 6) is 0.454. The van der Waals surface area contributed by atoms with Gasteiger partial charge in [-0.2, -0.15) is 0 Å². The van der Waals surface area contributed by atoms with Gasteiger partial charge in [-0.3, -0.25) is 9.59 Å². The first kappa shape index (κ1) is 12.7. The fourth-order valence-electron chi connectivity index (χ4n) is 1.51.